The lowest BCUT2D eigenvalue weighted by molar-refractivity contribution is -0.141. The van der Waals surface area contributed by atoms with Gasteiger partial charge in [0.05, 0.1) is 36.6 Å². The Morgan fingerprint density at radius 3 is 2.46 bits per heavy atom. The molecule has 1 aromatic rings. The molecular weight excluding hydrogens is 330 g/mol. The van der Waals surface area contributed by atoms with Crippen LogP contribution in [0.5, 0.6) is 0 Å². The van der Waals surface area contributed by atoms with Crippen LogP contribution in [-0.4, -0.2) is 58.4 Å². The van der Waals surface area contributed by atoms with Crippen molar-refractivity contribution in [2.24, 2.45) is 11.8 Å². The van der Waals surface area contributed by atoms with Gasteiger partial charge in [-0.05, 0) is 5.56 Å². The second-order valence-electron chi connectivity index (χ2n) is 7.18. The molecule has 26 heavy (non-hydrogen) atoms. The van der Waals surface area contributed by atoms with Crippen LogP contribution in [0.1, 0.15) is 12.0 Å². The molecule has 2 amide bonds. The zero-order valence-corrected chi connectivity index (χ0v) is 14.5. The molecule has 0 N–H and O–H groups in total. The molecule has 7 heteroatoms. The molecule has 3 aliphatic heterocycles. The summed E-state index contributed by atoms with van der Waals surface area (Å²) in [6.45, 7) is 1.91. The standard InChI is InChI=1S/C19H19N5O2/c1-22-16(25)9-19(18(22)26)15(11-21)14(10-20)17-23(7-8-24(17)19)12-13-5-3-2-4-6-13/h2-6,14-15,17H,7-9,12H2,1H3/t14-,15-,17+,19+/m0/s1. The predicted molar refractivity (Wildman–Crippen MR) is 90.7 cm³/mol. The Labute approximate surface area is 152 Å². The van der Waals surface area contributed by atoms with Crippen molar-refractivity contribution in [3.63, 3.8) is 0 Å². The lowest BCUT2D eigenvalue weighted by atomic mass is 9.79. The highest BCUT2D eigenvalue weighted by molar-refractivity contribution is 6.08. The van der Waals surface area contributed by atoms with E-state index < -0.39 is 17.4 Å². The maximum Gasteiger partial charge on any atom is 0.251 e. The minimum atomic E-state index is -1.20. The molecule has 1 spiro atoms. The van der Waals surface area contributed by atoms with Gasteiger partial charge < -0.3 is 0 Å². The first kappa shape index (κ1) is 16.7. The van der Waals surface area contributed by atoms with Crippen LogP contribution in [0.25, 0.3) is 0 Å². The van der Waals surface area contributed by atoms with E-state index in [9.17, 15) is 20.1 Å². The number of carbonyl (C=O) groups excluding carboxylic acids is 2. The van der Waals surface area contributed by atoms with Gasteiger partial charge in [0, 0.05) is 26.7 Å². The molecule has 4 atom stereocenters. The molecule has 4 rings (SSSR count). The van der Waals surface area contributed by atoms with Gasteiger partial charge in [-0.3, -0.25) is 24.3 Å². The van der Waals surface area contributed by atoms with E-state index in [0.717, 1.165) is 10.5 Å². The number of carbonyl (C=O) groups is 2. The topological polar surface area (TPSA) is 91.4 Å². The highest BCUT2D eigenvalue weighted by Crippen LogP contribution is 2.51. The molecule has 3 saturated heterocycles. The van der Waals surface area contributed by atoms with Crippen LogP contribution in [0, 0.1) is 34.5 Å². The highest BCUT2D eigenvalue weighted by Gasteiger charge is 2.70. The number of amides is 2. The van der Waals surface area contributed by atoms with Gasteiger partial charge in [0.2, 0.25) is 5.91 Å². The third kappa shape index (κ3) is 2.05. The smallest absolute Gasteiger partial charge is 0.251 e. The van der Waals surface area contributed by atoms with Crippen molar-refractivity contribution in [3.8, 4) is 12.1 Å². The summed E-state index contributed by atoms with van der Waals surface area (Å²) in [7, 11) is 1.46. The van der Waals surface area contributed by atoms with E-state index in [2.05, 4.69) is 17.0 Å². The van der Waals surface area contributed by atoms with Gasteiger partial charge in [0.1, 0.15) is 5.54 Å². The molecule has 3 fully saturated rings. The second-order valence-corrected chi connectivity index (χ2v) is 7.18. The first-order chi connectivity index (χ1) is 12.5. The minimum absolute atomic E-state index is 0.0194. The summed E-state index contributed by atoms with van der Waals surface area (Å²) in [6, 6.07) is 14.4. The lowest BCUT2D eigenvalue weighted by Crippen LogP contribution is -2.54. The fraction of sp³-hybridized carbons (Fsp3) is 0.474. The quantitative estimate of drug-likeness (QED) is 0.724. The third-order valence-corrected chi connectivity index (χ3v) is 6.02. The van der Waals surface area contributed by atoms with Gasteiger partial charge >= 0.3 is 0 Å². The van der Waals surface area contributed by atoms with E-state index in [-0.39, 0.29) is 24.4 Å². The first-order valence-corrected chi connectivity index (χ1v) is 8.69. The number of nitriles is 2. The summed E-state index contributed by atoms with van der Waals surface area (Å²) < 4.78 is 0. The Balaban J connectivity index is 1.73. The zero-order valence-electron chi connectivity index (χ0n) is 14.5. The molecule has 7 nitrogen and oxygen atoms in total. The molecule has 3 aliphatic rings. The number of likely N-dealkylation sites (N-methyl/N-ethyl adjacent to an activating group) is 1. The number of rotatable bonds is 2. The van der Waals surface area contributed by atoms with Crippen molar-refractivity contribution >= 4 is 11.8 Å². The van der Waals surface area contributed by atoms with Crippen molar-refractivity contribution in [2.75, 3.05) is 20.1 Å². The molecule has 3 heterocycles. The van der Waals surface area contributed by atoms with E-state index in [4.69, 9.17) is 0 Å². The highest BCUT2D eigenvalue weighted by atomic mass is 16.2. The van der Waals surface area contributed by atoms with Crippen molar-refractivity contribution in [1.82, 2.24) is 14.7 Å². The van der Waals surface area contributed by atoms with Crippen LogP contribution in [0.2, 0.25) is 0 Å². The largest absolute Gasteiger partial charge is 0.284 e. The molecule has 0 saturated carbocycles. The van der Waals surface area contributed by atoms with Crippen LogP contribution >= 0.6 is 0 Å². The van der Waals surface area contributed by atoms with Crippen LogP contribution in [0.4, 0.5) is 0 Å². The maximum absolute atomic E-state index is 13.0. The molecular formula is C19H19N5O2. The second kappa shape index (κ2) is 5.91. The van der Waals surface area contributed by atoms with Crippen LogP contribution in [0.15, 0.2) is 30.3 Å². The van der Waals surface area contributed by atoms with Crippen molar-refractivity contribution in [2.45, 2.75) is 24.7 Å². The maximum atomic E-state index is 13.0. The summed E-state index contributed by atoms with van der Waals surface area (Å²) in [5.41, 5.74) is -0.0803. The number of imide groups is 1. The lowest BCUT2D eigenvalue weighted by Gasteiger charge is -2.33. The van der Waals surface area contributed by atoms with Crippen molar-refractivity contribution < 1.29 is 9.59 Å². The van der Waals surface area contributed by atoms with Gasteiger partial charge in [0.15, 0.2) is 0 Å². The number of hydrogen-bond acceptors (Lipinski definition) is 6. The number of fused-ring (bicyclic) bond motifs is 2. The van der Waals surface area contributed by atoms with Gasteiger partial charge in [-0.2, -0.15) is 10.5 Å². The summed E-state index contributed by atoms with van der Waals surface area (Å²) >= 11 is 0. The Kier molecular flexibility index (Phi) is 3.80. The number of hydrogen-bond donors (Lipinski definition) is 0. The fourth-order valence-electron chi connectivity index (χ4n) is 4.82. The Bertz CT molecular complexity index is 842. The molecule has 132 valence electrons. The van der Waals surface area contributed by atoms with E-state index in [1.165, 1.54) is 7.05 Å². The van der Waals surface area contributed by atoms with Crippen LogP contribution in [-0.2, 0) is 16.1 Å². The Morgan fingerprint density at radius 2 is 1.88 bits per heavy atom. The fourth-order valence-corrected chi connectivity index (χ4v) is 4.82. The molecule has 0 radical (unpaired) electrons. The summed E-state index contributed by atoms with van der Waals surface area (Å²) in [5, 5.41) is 19.6. The van der Waals surface area contributed by atoms with E-state index in [0.29, 0.717) is 19.6 Å². The number of benzene rings is 1. The molecule has 0 aliphatic carbocycles. The summed E-state index contributed by atoms with van der Waals surface area (Å²) in [4.78, 5) is 30.4. The van der Waals surface area contributed by atoms with Crippen molar-refractivity contribution in [3.05, 3.63) is 35.9 Å². The average Bonchev–Trinajstić information content (AvgIpc) is 3.25. The van der Waals surface area contributed by atoms with Gasteiger partial charge in [-0.25, -0.2) is 0 Å². The molecule has 0 unspecified atom stereocenters. The summed E-state index contributed by atoms with van der Waals surface area (Å²) in [6.07, 6.45) is -0.345. The van der Waals surface area contributed by atoms with E-state index in [1.54, 1.807) is 0 Å². The SMILES string of the molecule is CN1C(=O)C[C@]2(C1=O)[C@@H](C#N)[C@H](C#N)[C@@H]1N(Cc3ccccc3)CCN12. The first-order valence-electron chi connectivity index (χ1n) is 8.69. The molecule has 0 bridgehead atoms. The average molecular weight is 349 g/mol. The van der Waals surface area contributed by atoms with E-state index in [1.807, 2.05) is 35.2 Å². The minimum Gasteiger partial charge on any atom is -0.284 e. The van der Waals surface area contributed by atoms with Gasteiger partial charge in [0.25, 0.3) is 5.91 Å². The molecule has 1 aromatic carbocycles. The third-order valence-electron chi connectivity index (χ3n) is 6.02. The molecule has 0 aromatic heterocycles. The Morgan fingerprint density at radius 1 is 1.15 bits per heavy atom. The van der Waals surface area contributed by atoms with Crippen LogP contribution < -0.4 is 0 Å². The zero-order chi connectivity index (χ0) is 18.5. The summed E-state index contributed by atoms with van der Waals surface area (Å²) in [5.74, 6) is -2.07. The Hall–Kier alpha value is -2.74. The van der Waals surface area contributed by atoms with Crippen molar-refractivity contribution in [1.29, 1.82) is 10.5 Å². The van der Waals surface area contributed by atoms with Crippen LogP contribution in [0.3, 0.4) is 0 Å². The number of likely N-dealkylation sites (tertiary alicyclic amines) is 1. The number of nitrogens with zero attached hydrogens (tertiary/aromatic N) is 5. The van der Waals surface area contributed by atoms with Gasteiger partial charge in [-0.15, -0.1) is 0 Å². The monoisotopic (exact) mass is 349 g/mol. The normalized spacial score (nSPS) is 34.3. The van der Waals surface area contributed by atoms with Gasteiger partial charge in [-0.1, -0.05) is 30.3 Å². The van der Waals surface area contributed by atoms with E-state index >= 15 is 0 Å². The predicted octanol–water partition coefficient (Wildman–Crippen LogP) is 0.551.